The summed E-state index contributed by atoms with van der Waals surface area (Å²) in [4.78, 5) is 40.4. The van der Waals surface area contributed by atoms with Crippen LogP contribution in [0.5, 0.6) is 0 Å². The average Bonchev–Trinajstić information content (AvgIpc) is 2.91. The third kappa shape index (κ3) is 5.32. The normalized spacial score (nSPS) is 11.9. The predicted octanol–water partition coefficient (Wildman–Crippen LogP) is 3.19. The topological polar surface area (TPSA) is 158 Å². The van der Waals surface area contributed by atoms with E-state index in [-0.39, 0.29) is 40.5 Å². The van der Waals surface area contributed by atoms with Gasteiger partial charge in [-0.15, -0.1) is 0 Å². The summed E-state index contributed by atoms with van der Waals surface area (Å²) in [5.74, 6) is 1.14. The van der Waals surface area contributed by atoms with Gasteiger partial charge in [0.25, 0.3) is 5.56 Å². The lowest BCUT2D eigenvalue weighted by Gasteiger charge is -2.16. The second-order valence-electron chi connectivity index (χ2n) is 9.27. The summed E-state index contributed by atoms with van der Waals surface area (Å²) in [6.45, 7) is 9.61. The molecule has 0 radical (unpaired) electrons. The molecule has 0 atom stereocenters. The molecule has 0 aliphatic carbocycles. The van der Waals surface area contributed by atoms with Crippen LogP contribution in [0.2, 0.25) is 0 Å². The van der Waals surface area contributed by atoms with Gasteiger partial charge in [-0.3, -0.25) is 14.3 Å². The molecule has 38 heavy (non-hydrogen) atoms. The minimum absolute atomic E-state index is 0.00111. The zero-order chi connectivity index (χ0) is 27.6. The molecule has 2 N–H and O–H groups in total. The first-order valence-corrected chi connectivity index (χ1v) is 14.0. The van der Waals surface area contributed by atoms with Crippen molar-refractivity contribution in [2.24, 2.45) is 0 Å². The van der Waals surface area contributed by atoms with Gasteiger partial charge in [-0.2, -0.15) is 0 Å². The molecule has 4 heterocycles. The van der Waals surface area contributed by atoms with E-state index < -0.39 is 9.84 Å². The number of rotatable bonds is 9. The summed E-state index contributed by atoms with van der Waals surface area (Å²) in [5.41, 5.74) is 2.55. The van der Waals surface area contributed by atoms with Crippen molar-refractivity contribution in [2.75, 3.05) is 23.4 Å². The first-order valence-electron chi connectivity index (χ1n) is 12.3. The van der Waals surface area contributed by atoms with Crippen LogP contribution in [0.3, 0.4) is 0 Å². The molecule has 0 aromatic carbocycles. The highest BCUT2D eigenvalue weighted by Gasteiger charge is 2.19. The van der Waals surface area contributed by atoms with Gasteiger partial charge in [-0.05, 0) is 31.9 Å². The third-order valence-corrected chi connectivity index (χ3v) is 7.67. The molecule has 0 aliphatic rings. The summed E-state index contributed by atoms with van der Waals surface area (Å²) in [6.07, 6.45) is 4.59. The Labute approximate surface area is 221 Å². The zero-order valence-electron chi connectivity index (χ0n) is 22.2. The molecular weight excluding hydrogens is 506 g/mol. The molecule has 0 saturated heterocycles. The minimum atomic E-state index is -3.34. The first kappa shape index (κ1) is 27.0. The fraction of sp³-hybridized carbons (Fsp3) is 0.400. The average molecular weight is 538 g/mol. The number of nitrogens with one attached hydrogen (secondary N) is 2. The fourth-order valence-electron chi connectivity index (χ4n) is 3.89. The van der Waals surface area contributed by atoms with Crippen molar-refractivity contribution in [3.8, 4) is 11.4 Å². The Bertz CT molecular complexity index is 1630. The molecule has 12 nitrogen and oxygen atoms in total. The maximum absolute atomic E-state index is 13.4. The molecule has 0 spiro atoms. The van der Waals surface area contributed by atoms with Gasteiger partial charge in [0.15, 0.2) is 27.1 Å². The quantitative estimate of drug-likeness (QED) is 0.323. The van der Waals surface area contributed by atoms with E-state index in [2.05, 4.69) is 35.6 Å². The van der Waals surface area contributed by atoms with Gasteiger partial charge < -0.3 is 10.6 Å². The molecule has 4 rings (SSSR count). The molecule has 13 heteroatoms. The summed E-state index contributed by atoms with van der Waals surface area (Å²) < 4.78 is 25.6. The molecular formula is C25H31N9O3S. The van der Waals surface area contributed by atoms with Crippen molar-refractivity contribution < 1.29 is 8.42 Å². The van der Waals surface area contributed by atoms with E-state index in [1.165, 1.54) is 12.3 Å². The molecule has 0 unspecified atom stereocenters. The molecule has 0 amide bonds. The number of hydrogen-bond donors (Lipinski definition) is 2. The Morgan fingerprint density at radius 3 is 2.34 bits per heavy atom. The lowest BCUT2D eigenvalue weighted by atomic mass is 10.0. The number of sulfone groups is 1. The Morgan fingerprint density at radius 2 is 1.74 bits per heavy atom. The minimum Gasteiger partial charge on any atom is -0.360 e. The maximum Gasteiger partial charge on any atom is 0.295 e. The standard InChI is InChI=1S/C25H31N9O3S/c1-7-38(36,37)17-9-8-16(27-11-17)10-28-22-24(35)34(15(4)5)23-19(31-22)13-29-21(33-23)18-12-30-25(26-6)32-20(18)14(2)3/h8-9,11-15H,7,10H2,1-6H3,(H,28,31)(H,26,30,32). The number of pyridine rings is 1. The van der Waals surface area contributed by atoms with E-state index in [0.717, 1.165) is 5.69 Å². The maximum atomic E-state index is 13.4. The molecule has 0 bridgehead atoms. The van der Waals surface area contributed by atoms with Crippen LogP contribution >= 0.6 is 0 Å². The van der Waals surface area contributed by atoms with Crippen LogP contribution < -0.4 is 16.2 Å². The second kappa shape index (κ2) is 10.8. The Kier molecular flexibility index (Phi) is 7.67. The van der Waals surface area contributed by atoms with Crippen molar-refractivity contribution in [2.45, 2.75) is 58.0 Å². The van der Waals surface area contributed by atoms with Crippen molar-refractivity contribution >= 4 is 32.8 Å². The highest BCUT2D eigenvalue weighted by atomic mass is 32.2. The van der Waals surface area contributed by atoms with Crippen molar-refractivity contribution in [1.82, 2.24) is 34.5 Å². The Morgan fingerprint density at radius 1 is 0.974 bits per heavy atom. The van der Waals surface area contributed by atoms with Crippen LogP contribution in [0.4, 0.5) is 11.8 Å². The molecule has 0 fully saturated rings. The SMILES string of the molecule is CCS(=O)(=O)c1ccc(CNc2nc3cnc(-c4cnc(NC)nc4C(C)C)nc3n(C(C)C)c2=O)nc1. The highest BCUT2D eigenvalue weighted by Crippen LogP contribution is 2.27. The fourth-order valence-corrected chi connectivity index (χ4v) is 4.72. The number of anilines is 2. The van der Waals surface area contributed by atoms with Gasteiger partial charge in [0.1, 0.15) is 5.52 Å². The van der Waals surface area contributed by atoms with Crippen LogP contribution in [0.25, 0.3) is 22.6 Å². The Balaban J connectivity index is 1.72. The van der Waals surface area contributed by atoms with Gasteiger partial charge in [0, 0.05) is 25.5 Å². The monoisotopic (exact) mass is 537 g/mol. The largest absolute Gasteiger partial charge is 0.360 e. The molecule has 0 saturated carbocycles. The summed E-state index contributed by atoms with van der Waals surface area (Å²) >= 11 is 0. The smallest absolute Gasteiger partial charge is 0.295 e. The van der Waals surface area contributed by atoms with Gasteiger partial charge in [-0.1, -0.05) is 20.8 Å². The molecule has 4 aromatic rings. The highest BCUT2D eigenvalue weighted by molar-refractivity contribution is 7.91. The van der Waals surface area contributed by atoms with E-state index in [1.807, 2.05) is 27.7 Å². The van der Waals surface area contributed by atoms with Crippen LogP contribution in [0.15, 0.2) is 40.4 Å². The van der Waals surface area contributed by atoms with Crippen molar-refractivity contribution in [3.63, 3.8) is 0 Å². The summed E-state index contributed by atoms with van der Waals surface area (Å²) in [6, 6.07) is 2.91. The van der Waals surface area contributed by atoms with Gasteiger partial charge in [0.05, 0.1) is 40.3 Å². The van der Waals surface area contributed by atoms with Gasteiger partial charge in [0.2, 0.25) is 5.95 Å². The zero-order valence-corrected chi connectivity index (χ0v) is 23.0. The van der Waals surface area contributed by atoms with Crippen LogP contribution in [0.1, 0.15) is 58.0 Å². The number of hydrogen-bond acceptors (Lipinski definition) is 11. The predicted molar refractivity (Wildman–Crippen MR) is 146 cm³/mol. The van der Waals surface area contributed by atoms with E-state index in [0.29, 0.717) is 34.2 Å². The number of aromatic nitrogens is 7. The van der Waals surface area contributed by atoms with Crippen LogP contribution in [-0.4, -0.2) is 55.7 Å². The van der Waals surface area contributed by atoms with E-state index in [1.54, 1.807) is 37.0 Å². The first-order chi connectivity index (χ1) is 18.1. The lowest BCUT2D eigenvalue weighted by molar-refractivity contribution is 0.593. The van der Waals surface area contributed by atoms with Crippen LogP contribution in [0, 0.1) is 0 Å². The third-order valence-electron chi connectivity index (χ3n) is 5.95. The molecule has 0 aliphatic heterocycles. The van der Waals surface area contributed by atoms with Gasteiger partial charge >= 0.3 is 0 Å². The molecule has 4 aromatic heterocycles. The number of nitrogens with zero attached hydrogens (tertiary/aromatic N) is 7. The van der Waals surface area contributed by atoms with Crippen molar-refractivity contribution in [3.05, 3.63) is 52.5 Å². The Hall–Kier alpha value is -4.00. The van der Waals surface area contributed by atoms with Crippen LogP contribution in [-0.2, 0) is 16.4 Å². The van der Waals surface area contributed by atoms with Crippen molar-refractivity contribution in [1.29, 1.82) is 0 Å². The summed E-state index contributed by atoms with van der Waals surface area (Å²) in [5, 5.41) is 5.98. The van der Waals surface area contributed by atoms with E-state index >= 15 is 0 Å². The molecule has 200 valence electrons. The van der Waals surface area contributed by atoms with Gasteiger partial charge in [-0.25, -0.2) is 33.3 Å². The van der Waals surface area contributed by atoms with E-state index in [9.17, 15) is 13.2 Å². The second-order valence-corrected chi connectivity index (χ2v) is 11.5. The number of fused-ring (bicyclic) bond motifs is 1. The summed E-state index contributed by atoms with van der Waals surface area (Å²) in [7, 11) is -1.58. The lowest BCUT2D eigenvalue weighted by Crippen LogP contribution is -2.27. The van der Waals surface area contributed by atoms with E-state index in [4.69, 9.17) is 4.98 Å².